The van der Waals surface area contributed by atoms with Gasteiger partial charge in [-0.15, -0.1) is 11.3 Å². The topological polar surface area (TPSA) is 12.5 Å². The van der Waals surface area contributed by atoms with Crippen LogP contribution in [0.5, 0.6) is 11.5 Å². The van der Waals surface area contributed by atoms with Crippen molar-refractivity contribution in [3.8, 4) is 22.6 Å². The predicted octanol–water partition coefficient (Wildman–Crippen LogP) is 10.5. The van der Waals surface area contributed by atoms with Gasteiger partial charge in [0.25, 0.3) is 0 Å². The van der Waals surface area contributed by atoms with Crippen LogP contribution in [0, 0.1) is 0 Å². The molecular formula is C34H21NOS. The summed E-state index contributed by atoms with van der Waals surface area (Å²) in [5.41, 5.74) is 5.78. The Kier molecular flexibility index (Phi) is 4.42. The number of thiophene rings is 1. The number of para-hydroxylation sites is 4. The molecule has 0 saturated carbocycles. The number of fused-ring (bicyclic) bond motifs is 6. The summed E-state index contributed by atoms with van der Waals surface area (Å²) in [5.74, 6) is 1.73. The fraction of sp³-hybridized carbons (Fsp3) is 0. The highest BCUT2D eigenvalue weighted by molar-refractivity contribution is 7.26. The van der Waals surface area contributed by atoms with Crippen molar-refractivity contribution in [1.82, 2.24) is 0 Å². The van der Waals surface area contributed by atoms with Crippen LogP contribution in [0.4, 0.5) is 17.1 Å². The highest BCUT2D eigenvalue weighted by atomic mass is 32.1. The summed E-state index contributed by atoms with van der Waals surface area (Å²) >= 11 is 1.88. The lowest BCUT2D eigenvalue weighted by Gasteiger charge is -2.33. The van der Waals surface area contributed by atoms with Crippen molar-refractivity contribution >= 4 is 59.3 Å². The maximum absolute atomic E-state index is 6.27. The summed E-state index contributed by atoms with van der Waals surface area (Å²) in [4.78, 5) is 2.33. The Hall–Kier alpha value is -4.60. The monoisotopic (exact) mass is 491 g/mol. The van der Waals surface area contributed by atoms with Crippen LogP contribution in [0.1, 0.15) is 0 Å². The van der Waals surface area contributed by atoms with Crippen molar-refractivity contribution < 1.29 is 4.74 Å². The fourth-order valence-electron chi connectivity index (χ4n) is 5.64. The summed E-state index contributed by atoms with van der Waals surface area (Å²) in [7, 11) is 0. The summed E-state index contributed by atoms with van der Waals surface area (Å²) in [6, 6.07) is 45.2. The molecule has 0 saturated heterocycles. The van der Waals surface area contributed by atoms with Gasteiger partial charge in [-0.3, -0.25) is 0 Å². The summed E-state index contributed by atoms with van der Waals surface area (Å²) < 4.78 is 8.93. The van der Waals surface area contributed by atoms with Crippen LogP contribution in [0.15, 0.2) is 127 Å². The Labute approximate surface area is 218 Å². The van der Waals surface area contributed by atoms with Gasteiger partial charge in [-0.1, -0.05) is 91.0 Å². The van der Waals surface area contributed by atoms with Crippen LogP contribution in [0.2, 0.25) is 0 Å². The van der Waals surface area contributed by atoms with E-state index < -0.39 is 0 Å². The van der Waals surface area contributed by atoms with Gasteiger partial charge < -0.3 is 9.64 Å². The molecule has 2 nitrogen and oxygen atoms in total. The lowest BCUT2D eigenvalue weighted by molar-refractivity contribution is 0.477. The molecule has 0 amide bonds. The SMILES string of the molecule is c1ccc2c(c1)Oc1ccccc1N2c1ccc(-c2cccc3c2sc2ccccc23)c2ccccc12. The molecule has 7 aromatic rings. The van der Waals surface area contributed by atoms with Crippen molar-refractivity contribution in [3.63, 3.8) is 0 Å². The van der Waals surface area contributed by atoms with Crippen molar-refractivity contribution in [2.75, 3.05) is 4.90 Å². The minimum absolute atomic E-state index is 0.865. The van der Waals surface area contributed by atoms with Crippen LogP contribution in [-0.2, 0) is 0 Å². The van der Waals surface area contributed by atoms with Crippen molar-refractivity contribution in [2.45, 2.75) is 0 Å². The number of anilines is 3. The first-order valence-electron chi connectivity index (χ1n) is 12.5. The lowest BCUT2D eigenvalue weighted by Crippen LogP contribution is -2.16. The van der Waals surface area contributed by atoms with Crippen LogP contribution in [-0.4, -0.2) is 0 Å². The molecule has 0 atom stereocenters. The van der Waals surface area contributed by atoms with Gasteiger partial charge in [0, 0.05) is 31.1 Å². The molecule has 1 aliphatic heterocycles. The van der Waals surface area contributed by atoms with E-state index in [2.05, 4.69) is 108 Å². The molecule has 0 radical (unpaired) electrons. The first-order valence-corrected chi connectivity index (χ1v) is 13.3. The number of benzene rings is 6. The molecule has 0 spiro atoms. The average Bonchev–Trinajstić information content (AvgIpc) is 3.35. The van der Waals surface area contributed by atoms with Gasteiger partial charge in [0.2, 0.25) is 0 Å². The molecule has 0 unspecified atom stereocenters. The molecule has 174 valence electrons. The van der Waals surface area contributed by atoms with Gasteiger partial charge >= 0.3 is 0 Å². The Bertz CT molecular complexity index is 1940. The summed E-state index contributed by atoms with van der Waals surface area (Å²) in [5, 5.41) is 5.10. The van der Waals surface area contributed by atoms with Crippen molar-refractivity contribution in [1.29, 1.82) is 0 Å². The quantitative estimate of drug-likeness (QED) is 0.238. The van der Waals surface area contributed by atoms with E-state index in [-0.39, 0.29) is 0 Å². The average molecular weight is 492 g/mol. The Morgan fingerprint density at radius 1 is 0.432 bits per heavy atom. The zero-order valence-electron chi connectivity index (χ0n) is 19.9. The zero-order chi connectivity index (χ0) is 24.3. The minimum atomic E-state index is 0.865. The molecular weight excluding hydrogens is 470 g/mol. The van der Waals surface area contributed by atoms with Crippen LogP contribution in [0.25, 0.3) is 42.1 Å². The fourth-order valence-corrected chi connectivity index (χ4v) is 6.87. The van der Waals surface area contributed by atoms with E-state index in [0.717, 1.165) is 28.6 Å². The highest BCUT2D eigenvalue weighted by Crippen LogP contribution is 2.52. The Morgan fingerprint density at radius 2 is 1.05 bits per heavy atom. The third-order valence-corrected chi connectivity index (χ3v) is 8.49. The number of hydrogen-bond donors (Lipinski definition) is 0. The van der Waals surface area contributed by atoms with E-state index in [4.69, 9.17) is 4.74 Å². The van der Waals surface area contributed by atoms with E-state index in [9.17, 15) is 0 Å². The number of hydrogen-bond acceptors (Lipinski definition) is 3. The third-order valence-electron chi connectivity index (χ3n) is 7.27. The van der Waals surface area contributed by atoms with E-state index in [1.54, 1.807) is 0 Å². The molecule has 1 aromatic heterocycles. The number of rotatable bonds is 2. The molecule has 3 heteroatoms. The van der Waals surface area contributed by atoms with E-state index in [1.165, 1.54) is 42.1 Å². The summed E-state index contributed by atoms with van der Waals surface area (Å²) in [6.07, 6.45) is 0. The molecule has 6 aromatic carbocycles. The van der Waals surface area contributed by atoms with E-state index in [0.29, 0.717) is 0 Å². The molecule has 0 fully saturated rings. The van der Waals surface area contributed by atoms with E-state index in [1.807, 2.05) is 35.6 Å². The smallest absolute Gasteiger partial charge is 0.151 e. The van der Waals surface area contributed by atoms with Crippen LogP contribution in [0.3, 0.4) is 0 Å². The standard InChI is InChI=1S/C34H21NOS/c1-2-11-24-22(10-1)23(26-13-9-14-27-25-12-3-8-19-33(25)37-34(26)27)20-21-28(24)35-29-15-4-6-17-31(29)36-32-18-7-5-16-30(32)35/h1-21H. The van der Waals surface area contributed by atoms with Crippen molar-refractivity contribution in [3.05, 3.63) is 127 Å². The number of ether oxygens (including phenoxy) is 1. The van der Waals surface area contributed by atoms with Crippen LogP contribution < -0.4 is 9.64 Å². The zero-order valence-corrected chi connectivity index (χ0v) is 20.7. The molecule has 0 N–H and O–H groups in total. The second kappa shape index (κ2) is 7.95. The van der Waals surface area contributed by atoms with Gasteiger partial charge in [-0.25, -0.2) is 0 Å². The van der Waals surface area contributed by atoms with Gasteiger partial charge in [0.05, 0.1) is 17.1 Å². The molecule has 2 heterocycles. The van der Waals surface area contributed by atoms with Gasteiger partial charge in [-0.2, -0.15) is 0 Å². The lowest BCUT2D eigenvalue weighted by atomic mass is 9.95. The largest absolute Gasteiger partial charge is 0.453 e. The minimum Gasteiger partial charge on any atom is -0.453 e. The first-order chi connectivity index (χ1) is 18.4. The Morgan fingerprint density at radius 3 is 1.84 bits per heavy atom. The van der Waals surface area contributed by atoms with Crippen molar-refractivity contribution in [2.24, 2.45) is 0 Å². The summed E-state index contributed by atoms with van der Waals surface area (Å²) in [6.45, 7) is 0. The second-order valence-electron chi connectivity index (χ2n) is 9.33. The molecule has 1 aliphatic rings. The number of nitrogens with zero attached hydrogens (tertiary/aromatic N) is 1. The van der Waals surface area contributed by atoms with Crippen LogP contribution >= 0.6 is 11.3 Å². The normalized spacial score (nSPS) is 12.5. The maximum atomic E-state index is 6.27. The van der Waals surface area contributed by atoms with Gasteiger partial charge in [-0.05, 0) is 47.3 Å². The Balaban J connectivity index is 1.40. The highest BCUT2D eigenvalue weighted by Gasteiger charge is 2.27. The maximum Gasteiger partial charge on any atom is 0.151 e. The van der Waals surface area contributed by atoms with Gasteiger partial charge in [0.1, 0.15) is 0 Å². The van der Waals surface area contributed by atoms with Gasteiger partial charge in [0.15, 0.2) is 11.5 Å². The third kappa shape index (κ3) is 3.05. The first kappa shape index (κ1) is 20.6. The molecule has 37 heavy (non-hydrogen) atoms. The van der Waals surface area contributed by atoms with E-state index >= 15 is 0 Å². The predicted molar refractivity (Wildman–Crippen MR) is 157 cm³/mol. The second-order valence-corrected chi connectivity index (χ2v) is 10.4. The molecule has 0 bridgehead atoms. The molecule has 8 rings (SSSR count). The molecule has 0 aliphatic carbocycles.